The largest absolute Gasteiger partial charge is 1.00 e. The Morgan fingerprint density at radius 3 is 1.36 bits per heavy atom. The molecule has 2 aromatic rings. The van der Waals surface area contributed by atoms with Gasteiger partial charge in [0.25, 0.3) is 0 Å². The van der Waals surface area contributed by atoms with E-state index in [0.717, 1.165) is 7.25 Å². The van der Waals surface area contributed by atoms with Gasteiger partial charge in [0.1, 0.15) is 0 Å². The molecule has 0 bridgehead atoms. The summed E-state index contributed by atoms with van der Waals surface area (Å²) in [5.41, 5.74) is 12.9. The standard InChI is InChI=1S/2C13H15.C2H6.CH5Si.2ClH.Zr/c2*1-9(2)12-6-4-5-11-7-10(3)8-13(11)12;2*1-2;;;/h2*4-9H,1-3H3;1-2H3;2H2,1H3;2*1H;/q;;;;;;+2/p-2. The van der Waals surface area contributed by atoms with Gasteiger partial charge in [-0.3, -0.25) is 0 Å². The molecule has 0 radical (unpaired) electrons. The maximum absolute atomic E-state index is 2.61. The van der Waals surface area contributed by atoms with Crippen molar-refractivity contribution in [3.63, 3.8) is 0 Å². The number of hydrogen-bond donors (Lipinski definition) is 0. The van der Waals surface area contributed by atoms with Crippen LogP contribution in [0.25, 0.3) is 12.2 Å². The molecule has 33 heavy (non-hydrogen) atoms. The summed E-state index contributed by atoms with van der Waals surface area (Å²) in [7, 11) is 0. The second-order valence-corrected chi connectivity index (χ2v) is 26.0. The van der Waals surface area contributed by atoms with Crippen LogP contribution in [0.3, 0.4) is 0 Å². The first kappa shape index (κ1) is 30.6. The van der Waals surface area contributed by atoms with Crippen molar-refractivity contribution in [2.75, 3.05) is 0 Å². The van der Waals surface area contributed by atoms with Crippen LogP contribution in [0.2, 0.25) is 6.55 Å². The van der Waals surface area contributed by atoms with Gasteiger partial charge in [-0.1, -0.05) is 13.8 Å². The molecule has 2 aliphatic rings. The van der Waals surface area contributed by atoms with Crippen LogP contribution in [0.15, 0.2) is 47.5 Å². The maximum Gasteiger partial charge on any atom is -1.00 e. The van der Waals surface area contributed by atoms with Crippen LogP contribution in [0.4, 0.5) is 0 Å². The number of fused-ring (bicyclic) bond motifs is 2. The average Bonchev–Trinajstić information content (AvgIpc) is 3.26. The first-order valence-corrected chi connectivity index (χ1v) is 22.5. The van der Waals surface area contributed by atoms with Crippen molar-refractivity contribution in [2.45, 2.75) is 81.0 Å². The molecule has 4 rings (SSSR count). The predicted molar refractivity (Wildman–Crippen MR) is 140 cm³/mol. The van der Waals surface area contributed by atoms with E-state index < -0.39 is 20.9 Å². The minimum Gasteiger partial charge on any atom is -1.00 e. The zero-order chi connectivity index (χ0) is 22.9. The second kappa shape index (κ2) is 13.1. The molecule has 0 spiro atoms. The van der Waals surface area contributed by atoms with Gasteiger partial charge in [0, 0.05) is 0 Å². The van der Waals surface area contributed by atoms with E-state index >= 15 is 0 Å². The molecule has 0 saturated carbocycles. The Morgan fingerprint density at radius 2 is 1.06 bits per heavy atom. The van der Waals surface area contributed by atoms with Crippen LogP contribution >= 0.6 is 0 Å². The summed E-state index contributed by atoms with van der Waals surface area (Å²) in [5.74, 6) is 1.20. The average molecular weight is 580 g/mol. The van der Waals surface area contributed by atoms with Crippen LogP contribution in [-0.4, -0.2) is 6.65 Å². The number of hydrogen-bond acceptors (Lipinski definition) is 0. The Morgan fingerprint density at radius 1 is 0.697 bits per heavy atom. The van der Waals surface area contributed by atoms with Crippen molar-refractivity contribution < 1.29 is 45.7 Å². The summed E-state index contributed by atoms with van der Waals surface area (Å²) in [6.07, 6.45) is 5.11. The smallest absolute Gasteiger partial charge is 1.00 e. The van der Waals surface area contributed by atoms with Gasteiger partial charge >= 0.3 is 188 Å². The third-order valence-electron chi connectivity index (χ3n) is 7.02. The Bertz CT molecular complexity index is 927. The van der Waals surface area contributed by atoms with Crippen molar-refractivity contribution in [1.82, 2.24) is 0 Å². The van der Waals surface area contributed by atoms with E-state index in [1.54, 1.807) is 44.5 Å². The maximum atomic E-state index is 2.61. The molecule has 0 heterocycles. The molecular formula is C29H41Cl2SiZr. The molecule has 0 saturated heterocycles. The van der Waals surface area contributed by atoms with Crippen molar-refractivity contribution in [2.24, 2.45) is 0 Å². The number of halogens is 2. The van der Waals surface area contributed by atoms with Gasteiger partial charge in [-0.15, -0.1) is 0 Å². The monoisotopic (exact) mass is 577 g/mol. The van der Waals surface area contributed by atoms with Crippen molar-refractivity contribution in [3.05, 3.63) is 80.9 Å². The molecule has 2 unspecified atom stereocenters. The summed E-state index contributed by atoms with van der Waals surface area (Å²) < 4.78 is 1.56. The summed E-state index contributed by atoms with van der Waals surface area (Å²) in [4.78, 5) is 0. The van der Waals surface area contributed by atoms with Gasteiger partial charge in [0.2, 0.25) is 0 Å². The third kappa shape index (κ3) is 5.72. The quantitative estimate of drug-likeness (QED) is 0.478. The third-order valence-corrected chi connectivity index (χ3v) is 26.1. The molecule has 2 aromatic carbocycles. The van der Waals surface area contributed by atoms with E-state index in [4.69, 9.17) is 0 Å². The van der Waals surface area contributed by atoms with E-state index in [1.165, 1.54) is 0 Å². The first-order valence-electron chi connectivity index (χ1n) is 12.3. The second-order valence-electron chi connectivity index (χ2n) is 9.58. The molecule has 179 valence electrons. The van der Waals surface area contributed by atoms with Crippen LogP contribution in [0.1, 0.15) is 108 Å². The Hall–Kier alpha value is -0.400. The topological polar surface area (TPSA) is 0 Å². The van der Waals surface area contributed by atoms with Crippen molar-refractivity contribution >= 4 is 18.8 Å². The van der Waals surface area contributed by atoms with Crippen LogP contribution < -0.4 is 24.8 Å². The van der Waals surface area contributed by atoms with Gasteiger partial charge in [-0.05, 0) is 0 Å². The molecule has 0 nitrogen and oxygen atoms in total. The fraction of sp³-hybridized carbons (Fsp3) is 0.448. The van der Waals surface area contributed by atoms with Gasteiger partial charge in [0.05, 0.1) is 0 Å². The summed E-state index contributed by atoms with van der Waals surface area (Å²) >= 11 is -1.74. The normalized spacial score (nSPS) is 18.2. The van der Waals surface area contributed by atoms with E-state index in [0.29, 0.717) is 11.8 Å². The Kier molecular flexibility index (Phi) is 12.1. The van der Waals surface area contributed by atoms with Crippen LogP contribution in [0.5, 0.6) is 0 Å². The predicted octanol–water partition coefficient (Wildman–Crippen LogP) is 2.33. The van der Waals surface area contributed by atoms with Gasteiger partial charge in [-0.25, -0.2) is 0 Å². The molecule has 0 fully saturated rings. The first-order chi connectivity index (χ1) is 14.8. The van der Waals surface area contributed by atoms with Gasteiger partial charge in [-0.2, -0.15) is 0 Å². The zero-order valence-corrected chi connectivity index (χ0v) is 27.3. The molecular weight excluding hydrogens is 539 g/mol. The minimum absolute atomic E-state index is 0. The Balaban J connectivity index is 0.00000133. The number of benzene rings is 2. The van der Waals surface area contributed by atoms with E-state index in [2.05, 4.69) is 96.6 Å². The minimum atomic E-state index is -1.74. The molecule has 2 atom stereocenters. The van der Waals surface area contributed by atoms with Gasteiger partial charge < -0.3 is 24.8 Å². The van der Waals surface area contributed by atoms with E-state index in [1.807, 2.05) is 13.8 Å². The molecule has 0 amide bonds. The molecule has 0 N–H and O–H groups in total. The molecule has 2 aliphatic carbocycles. The zero-order valence-electron chi connectivity index (χ0n) is 21.9. The van der Waals surface area contributed by atoms with Gasteiger partial charge in [0.15, 0.2) is 0 Å². The van der Waals surface area contributed by atoms with Crippen LogP contribution in [-0.2, 0) is 20.9 Å². The number of allylic oxidation sites excluding steroid dienone is 2. The fourth-order valence-electron chi connectivity index (χ4n) is 5.72. The molecule has 0 aliphatic heterocycles. The molecule has 0 aromatic heterocycles. The fourth-order valence-corrected chi connectivity index (χ4v) is 26.3. The number of rotatable bonds is 5. The van der Waals surface area contributed by atoms with E-state index in [9.17, 15) is 0 Å². The summed E-state index contributed by atoms with van der Waals surface area (Å²) in [5, 5.41) is 0. The van der Waals surface area contributed by atoms with Crippen molar-refractivity contribution in [3.8, 4) is 0 Å². The van der Waals surface area contributed by atoms with Crippen LogP contribution in [0, 0.1) is 0 Å². The SMILES string of the molecule is CC.C[SiH2][Zr+2]([CH]1C(C)=Cc2c(C(C)C)cccc21)[CH]1C(C)=Cc2c(C(C)C)cccc21.[Cl-].[Cl-]. The Labute approximate surface area is 225 Å². The molecule has 4 heteroatoms. The van der Waals surface area contributed by atoms with E-state index in [-0.39, 0.29) is 31.5 Å². The summed E-state index contributed by atoms with van der Waals surface area (Å²) in [6, 6.07) is 14.3. The van der Waals surface area contributed by atoms with Crippen molar-refractivity contribution in [1.29, 1.82) is 0 Å². The summed E-state index contributed by atoms with van der Waals surface area (Å²) in [6.45, 7) is 20.8.